The maximum Gasteiger partial charge on any atom is 0.246 e. The molecule has 1 saturated heterocycles. The van der Waals surface area contributed by atoms with Crippen LogP contribution in [-0.4, -0.2) is 28.9 Å². The van der Waals surface area contributed by atoms with Crippen molar-refractivity contribution in [2.24, 2.45) is 5.92 Å². The van der Waals surface area contributed by atoms with Crippen molar-refractivity contribution < 1.29 is 4.79 Å². The van der Waals surface area contributed by atoms with Crippen LogP contribution in [0.1, 0.15) is 31.7 Å². The van der Waals surface area contributed by atoms with Gasteiger partial charge in [0.2, 0.25) is 5.91 Å². The Kier molecular flexibility index (Phi) is 4.52. The van der Waals surface area contributed by atoms with E-state index in [1.807, 2.05) is 41.3 Å². The third-order valence-electron chi connectivity index (χ3n) is 4.40. The predicted molar refractivity (Wildman–Crippen MR) is 90.4 cm³/mol. The third kappa shape index (κ3) is 3.35. The van der Waals surface area contributed by atoms with Crippen LogP contribution in [0.4, 0.5) is 0 Å². The van der Waals surface area contributed by atoms with Crippen LogP contribution in [-0.2, 0) is 4.79 Å². The Balaban J connectivity index is 1.76. The molecule has 1 fully saturated rings. The molecule has 1 atom stereocenters. The highest BCUT2D eigenvalue weighted by Crippen LogP contribution is 2.19. The fraction of sp³-hybridized carbons (Fsp3) is 0.368. The number of aromatic nitrogens is 1. The van der Waals surface area contributed by atoms with Crippen molar-refractivity contribution in [2.45, 2.75) is 26.2 Å². The van der Waals surface area contributed by atoms with Crippen LogP contribution in [0, 0.1) is 5.92 Å². The van der Waals surface area contributed by atoms with Gasteiger partial charge in [0.1, 0.15) is 0 Å². The topological polar surface area (TPSA) is 33.2 Å². The number of pyridine rings is 1. The summed E-state index contributed by atoms with van der Waals surface area (Å²) in [6, 6.07) is 10.0. The molecule has 0 radical (unpaired) electrons. The Morgan fingerprint density at radius 1 is 1.23 bits per heavy atom. The number of amides is 1. The molecule has 0 spiro atoms. The highest BCUT2D eigenvalue weighted by atomic mass is 16.2. The lowest BCUT2D eigenvalue weighted by molar-refractivity contribution is -0.125. The summed E-state index contributed by atoms with van der Waals surface area (Å²) in [5, 5.41) is 1.10. The van der Waals surface area contributed by atoms with Gasteiger partial charge in [-0.15, -0.1) is 0 Å². The van der Waals surface area contributed by atoms with E-state index in [0.29, 0.717) is 0 Å². The molecule has 1 aliphatic heterocycles. The summed E-state index contributed by atoms with van der Waals surface area (Å²) in [6.07, 6.45) is 8.82. The number of likely N-dealkylation sites (tertiary alicyclic amines) is 1. The van der Waals surface area contributed by atoms with E-state index in [0.717, 1.165) is 48.3 Å². The van der Waals surface area contributed by atoms with Gasteiger partial charge in [0.05, 0.1) is 5.52 Å². The molecule has 1 amide bonds. The highest BCUT2D eigenvalue weighted by Gasteiger charge is 2.16. The Hall–Kier alpha value is -2.16. The van der Waals surface area contributed by atoms with Gasteiger partial charge >= 0.3 is 0 Å². The van der Waals surface area contributed by atoms with Crippen molar-refractivity contribution in [3.05, 3.63) is 48.2 Å². The van der Waals surface area contributed by atoms with Crippen LogP contribution < -0.4 is 0 Å². The van der Waals surface area contributed by atoms with Crippen LogP contribution in [0.15, 0.2) is 42.6 Å². The van der Waals surface area contributed by atoms with Crippen LogP contribution in [0.5, 0.6) is 0 Å². The number of nitrogens with zero attached hydrogens (tertiary/aromatic N) is 2. The minimum Gasteiger partial charge on any atom is -0.339 e. The molecule has 3 rings (SSSR count). The molecule has 3 heteroatoms. The molecule has 114 valence electrons. The van der Waals surface area contributed by atoms with E-state index in [4.69, 9.17) is 0 Å². The van der Waals surface area contributed by atoms with Crippen molar-refractivity contribution in [2.75, 3.05) is 13.1 Å². The fourth-order valence-electron chi connectivity index (χ4n) is 3.01. The zero-order valence-electron chi connectivity index (χ0n) is 13.0. The summed E-state index contributed by atoms with van der Waals surface area (Å²) in [4.78, 5) is 18.8. The zero-order chi connectivity index (χ0) is 15.4. The van der Waals surface area contributed by atoms with Gasteiger partial charge < -0.3 is 4.90 Å². The van der Waals surface area contributed by atoms with Crippen LogP contribution in [0.25, 0.3) is 17.0 Å². The lowest BCUT2D eigenvalue weighted by Crippen LogP contribution is -2.30. The lowest BCUT2D eigenvalue weighted by Gasteiger charge is -2.18. The van der Waals surface area contributed by atoms with E-state index in [9.17, 15) is 4.79 Å². The molecule has 1 aromatic heterocycles. The second-order valence-corrected chi connectivity index (χ2v) is 6.12. The monoisotopic (exact) mass is 294 g/mol. The number of benzene rings is 1. The SMILES string of the molecule is CC1CCCN(C(=O)/C=C/c2cccc3cccnc23)CC1. The van der Waals surface area contributed by atoms with Crippen molar-refractivity contribution in [1.29, 1.82) is 0 Å². The molecule has 2 aromatic rings. The minimum atomic E-state index is 0.113. The third-order valence-corrected chi connectivity index (χ3v) is 4.40. The number of hydrogen-bond acceptors (Lipinski definition) is 2. The van der Waals surface area contributed by atoms with Gasteiger partial charge in [-0.2, -0.15) is 0 Å². The normalized spacial score (nSPS) is 19.5. The standard InChI is InChI=1S/C19H22N2O/c1-15-5-4-13-21(14-11-15)18(22)10-9-17-7-2-6-16-8-3-12-20-19(16)17/h2-3,6-10,12,15H,4-5,11,13-14H2,1H3/b10-9+. The molecular weight excluding hydrogens is 272 g/mol. The van der Waals surface area contributed by atoms with Gasteiger partial charge in [-0.05, 0) is 37.3 Å². The predicted octanol–water partition coefficient (Wildman–Crippen LogP) is 3.90. The number of carbonyl (C=O) groups excluding carboxylic acids is 1. The van der Waals surface area contributed by atoms with Crippen molar-refractivity contribution in [1.82, 2.24) is 9.88 Å². The number of rotatable bonds is 2. The molecule has 0 N–H and O–H groups in total. The first kappa shape index (κ1) is 14.8. The second-order valence-electron chi connectivity index (χ2n) is 6.12. The minimum absolute atomic E-state index is 0.113. The van der Waals surface area contributed by atoms with Gasteiger partial charge in [0, 0.05) is 36.3 Å². The summed E-state index contributed by atoms with van der Waals surface area (Å²) in [5.74, 6) is 0.839. The Labute approximate surface area is 131 Å². The van der Waals surface area contributed by atoms with Gasteiger partial charge in [-0.3, -0.25) is 9.78 Å². The van der Waals surface area contributed by atoms with Crippen molar-refractivity contribution in [3.63, 3.8) is 0 Å². The maximum absolute atomic E-state index is 12.4. The highest BCUT2D eigenvalue weighted by molar-refractivity contribution is 5.95. The van der Waals surface area contributed by atoms with Crippen molar-refractivity contribution >= 4 is 22.9 Å². The molecule has 3 nitrogen and oxygen atoms in total. The molecular formula is C19H22N2O. The van der Waals surface area contributed by atoms with Crippen LogP contribution >= 0.6 is 0 Å². The quantitative estimate of drug-likeness (QED) is 0.787. The van der Waals surface area contributed by atoms with Crippen LogP contribution in [0.3, 0.4) is 0 Å². The molecule has 1 aromatic carbocycles. The largest absolute Gasteiger partial charge is 0.339 e. The number of para-hydroxylation sites is 1. The molecule has 0 bridgehead atoms. The molecule has 2 heterocycles. The Morgan fingerprint density at radius 2 is 2.09 bits per heavy atom. The van der Waals surface area contributed by atoms with Gasteiger partial charge in [0.25, 0.3) is 0 Å². The van der Waals surface area contributed by atoms with E-state index in [1.54, 1.807) is 12.3 Å². The second kappa shape index (κ2) is 6.73. The summed E-state index contributed by atoms with van der Waals surface area (Å²) in [7, 11) is 0. The first-order valence-corrected chi connectivity index (χ1v) is 8.05. The van der Waals surface area contributed by atoms with Crippen LogP contribution in [0.2, 0.25) is 0 Å². The van der Waals surface area contributed by atoms with E-state index in [2.05, 4.69) is 11.9 Å². The summed E-state index contributed by atoms with van der Waals surface area (Å²) < 4.78 is 0. The molecule has 0 aliphatic carbocycles. The first-order chi connectivity index (χ1) is 10.7. The molecule has 0 saturated carbocycles. The van der Waals surface area contributed by atoms with E-state index >= 15 is 0 Å². The summed E-state index contributed by atoms with van der Waals surface area (Å²) in [5.41, 5.74) is 1.94. The number of carbonyl (C=O) groups is 1. The first-order valence-electron chi connectivity index (χ1n) is 8.05. The van der Waals surface area contributed by atoms with Gasteiger partial charge in [-0.1, -0.05) is 31.2 Å². The molecule has 22 heavy (non-hydrogen) atoms. The smallest absolute Gasteiger partial charge is 0.246 e. The lowest BCUT2D eigenvalue weighted by atomic mass is 10.0. The summed E-state index contributed by atoms with van der Waals surface area (Å²) in [6.45, 7) is 4.02. The fourth-order valence-corrected chi connectivity index (χ4v) is 3.01. The van der Waals surface area contributed by atoms with E-state index in [-0.39, 0.29) is 5.91 Å². The van der Waals surface area contributed by atoms with E-state index in [1.165, 1.54) is 6.42 Å². The van der Waals surface area contributed by atoms with Crippen molar-refractivity contribution in [3.8, 4) is 0 Å². The van der Waals surface area contributed by atoms with E-state index < -0.39 is 0 Å². The molecule has 1 unspecified atom stereocenters. The van der Waals surface area contributed by atoms with Gasteiger partial charge in [0.15, 0.2) is 0 Å². The Morgan fingerprint density at radius 3 is 3.00 bits per heavy atom. The average molecular weight is 294 g/mol. The number of hydrogen-bond donors (Lipinski definition) is 0. The number of fused-ring (bicyclic) bond motifs is 1. The maximum atomic E-state index is 12.4. The van der Waals surface area contributed by atoms with Gasteiger partial charge in [-0.25, -0.2) is 0 Å². The zero-order valence-corrected chi connectivity index (χ0v) is 13.0. The molecule has 1 aliphatic rings. The average Bonchev–Trinajstić information content (AvgIpc) is 2.77. The summed E-state index contributed by atoms with van der Waals surface area (Å²) >= 11 is 0. The Bertz CT molecular complexity index is 687.